The van der Waals surface area contributed by atoms with E-state index >= 15 is 0 Å². The number of benzene rings is 1. The van der Waals surface area contributed by atoms with Crippen molar-refractivity contribution in [3.8, 4) is 0 Å². The van der Waals surface area contributed by atoms with Crippen LogP contribution in [0.15, 0.2) is 35.5 Å². The molecule has 0 unspecified atom stereocenters. The van der Waals surface area contributed by atoms with Crippen LogP contribution < -0.4 is 10.6 Å². The molecule has 26 heavy (non-hydrogen) atoms. The highest BCUT2D eigenvalue weighted by Gasteiger charge is 2.32. The lowest BCUT2D eigenvalue weighted by Crippen LogP contribution is -2.40. The van der Waals surface area contributed by atoms with E-state index < -0.39 is 23.5 Å². The number of anilines is 1. The highest BCUT2D eigenvalue weighted by atomic mass is 19.4. The van der Waals surface area contributed by atoms with Gasteiger partial charge in [0.05, 0.1) is 35.3 Å². The molecule has 1 aliphatic rings. The number of halogens is 3. The fourth-order valence-corrected chi connectivity index (χ4v) is 3.18. The first kappa shape index (κ1) is 16.6. The minimum atomic E-state index is -4.49. The van der Waals surface area contributed by atoms with Gasteiger partial charge in [0.15, 0.2) is 0 Å². The lowest BCUT2D eigenvalue weighted by atomic mass is 10.1. The van der Waals surface area contributed by atoms with Crippen LogP contribution in [0.3, 0.4) is 0 Å². The molecule has 4 rings (SSSR count). The molecular formula is C17H16F3N5O. The number of alkyl halides is 3. The van der Waals surface area contributed by atoms with Crippen molar-refractivity contribution in [1.29, 1.82) is 0 Å². The maximum atomic E-state index is 13.2. The second-order valence-corrected chi connectivity index (χ2v) is 6.34. The van der Waals surface area contributed by atoms with E-state index in [1.807, 2.05) is 4.90 Å². The van der Waals surface area contributed by atoms with Gasteiger partial charge in [-0.3, -0.25) is 4.57 Å². The second kappa shape index (κ2) is 5.86. The van der Waals surface area contributed by atoms with Gasteiger partial charge in [-0.2, -0.15) is 18.2 Å². The van der Waals surface area contributed by atoms with Crippen LogP contribution in [-0.2, 0) is 6.18 Å². The summed E-state index contributed by atoms with van der Waals surface area (Å²) in [5, 5.41) is 0.531. The zero-order valence-corrected chi connectivity index (χ0v) is 13.9. The minimum Gasteiger partial charge on any atom is -0.356 e. The molecule has 9 heteroatoms. The lowest BCUT2D eigenvalue weighted by molar-refractivity contribution is -0.137. The smallest absolute Gasteiger partial charge is 0.356 e. The predicted octanol–water partition coefficient (Wildman–Crippen LogP) is 2.96. The van der Waals surface area contributed by atoms with Gasteiger partial charge in [0.1, 0.15) is 5.82 Å². The van der Waals surface area contributed by atoms with E-state index in [0.29, 0.717) is 16.9 Å². The van der Waals surface area contributed by atoms with Crippen LogP contribution in [0.2, 0.25) is 0 Å². The molecule has 0 saturated carbocycles. The van der Waals surface area contributed by atoms with Gasteiger partial charge in [0, 0.05) is 18.5 Å². The van der Waals surface area contributed by atoms with Gasteiger partial charge in [0.25, 0.3) is 0 Å². The van der Waals surface area contributed by atoms with Gasteiger partial charge in [-0.05, 0) is 31.5 Å². The summed E-state index contributed by atoms with van der Waals surface area (Å²) in [6.45, 7) is 3.20. The third-order valence-electron chi connectivity index (χ3n) is 4.75. The van der Waals surface area contributed by atoms with Crippen LogP contribution in [-0.4, -0.2) is 32.6 Å². The number of nitrogens with one attached hydrogen (secondary N) is 1. The van der Waals surface area contributed by atoms with Crippen molar-refractivity contribution >= 4 is 16.7 Å². The normalized spacial score (nSPS) is 15.9. The van der Waals surface area contributed by atoms with E-state index in [0.717, 1.165) is 31.6 Å². The van der Waals surface area contributed by atoms with Crippen molar-refractivity contribution < 1.29 is 13.2 Å². The number of hydrogen-bond acceptors (Lipinski definition) is 4. The fraction of sp³-hybridized carbons (Fsp3) is 0.353. The number of H-pyrrole nitrogens is 1. The van der Waals surface area contributed by atoms with Crippen molar-refractivity contribution in [1.82, 2.24) is 19.5 Å². The molecule has 0 bridgehead atoms. The Hall–Kier alpha value is -2.84. The van der Waals surface area contributed by atoms with Gasteiger partial charge in [0.2, 0.25) is 0 Å². The maximum Gasteiger partial charge on any atom is 0.416 e. The Morgan fingerprint density at radius 2 is 2.04 bits per heavy atom. The van der Waals surface area contributed by atoms with E-state index in [2.05, 4.69) is 15.0 Å². The van der Waals surface area contributed by atoms with Crippen LogP contribution >= 0.6 is 0 Å². The molecule has 6 nitrogen and oxygen atoms in total. The van der Waals surface area contributed by atoms with E-state index in [4.69, 9.17) is 0 Å². The first-order chi connectivity index (χ1) is 12.4. The Balaban J connectivity index is 2.00. The lowest BCUT2D eigenvalue weighted by Gasteiger charge is -2.33. The molecule has 3 heterocycles. The highest BCUT2D eigenvalue weighted by Crippen LogP contribution is 2.35. The Labute approximate surface area is 146 Å². The number of fused-ring (bicyclic) bond motifs is 1. The van der Waals surface area contributed by atoms with Gasteiger partial charge >= 0.3 is 11.9 Å². The van der Waals surface area contributed by atoms with Crippen molar-refractivity contribution in [2.45, 2.75) is 25.6 Å². The fourth-order valence-electron chi connectivity index (χ4n) is 3.18. The molecule has 0 amide bonds. The summed E-state index contributed by atoms with van der Waals surface area (Å²) in [7, 11) is 0. The number of aromatic amines is 1. The Kier molecular flexibility index (Phi) is 3.74. The van der Waals surface area contributed by atoms with Crippen molar-refractivity contribution in [2.24, 2.45) is 0 Å². The Bertz CT molecular complexity index is 1010. The molecule has 2 aromatic heterocycles. The summed E-state index contributed by atoms with van der Waals surface area (Å²) in [4.78, 5) is 25.6. The minimum absolute atomic E-state index is 0.212. The third kappa shape index (κ3) is 2.63. The maximum absolute atomic E-state index is 13.2. The molecule has 1 atom stereocenters. The molecule has 1 saturated heterocycles. The van der Waals surface area contributed by atoms with E-state index in [9.17, 15) is 18.0 Å². The summed E-state index contributed by atoms with van der Waals surface area (Å²) in [5.74, 6) is 0.443. The largest absolute Gasteiger partial charge is 0.416 e. The average Bonchev–Trinajstić information content (AvgIpc) is 3.06. The van der Waals surface area contributed by atoms with Crippen LogP contribution in [0, 0.1) is 0 Å². The molecule has 1 aromatic carbocycles. The molecule has 3 aromatic rings. The number of aromatic nitrogens is 4. The van der Waals surface area contributed by atoms with Gasteiger partial charge in [-0.1, -0.05) is 0 Å². The summed E-state index contributed by atoms with van der Waals surface area (Å²) in [5.41, 5.74) is -0.551. The van der Waals surface area contributed by atoms with Crippen molar-refractivity contribution in [3.05, 3.63) is 52.5 Å². The van der Waals surface area contributed by atoms with Crippen molar-refractivity contribution in [2.75, 3.05) is 18.0 Å². The third-order valence-corrected chi connectivity index (χ3v) is 4.75. The number of nitrogens with zero attached hydrogens (tertiary/aromatic N) is 4. The topological polar surface area (TPSA) is 66.8 Å². The Morgan fingerprint density at radius 1 is 1.27 bits per heavy atom. The standard InChI is InChI=1S/C17H16F3N5O/c1-10(13-8-21-9-22-13)25-14-7-11(17(18,19)20)3-4-12(14)15(23-16(25)26)24-5-2-6-24/h3-4,7-10H,2,5-6H2,1H3,(H,21,22)/t10-/m0/s1. The molecule has 0 spiro atoms. The van der Waals surface area contributed by atoms with Gasteiger partial charge in [-0.25, -0.2) is 9.78 Å². The van der Waals surface area contributed by atoms with Crippen LogP contribution in [0.5, 0.6) is 0 Å². The zero-order chi connectivity index (χ0) is 18.5. The summed E-state index contributed by atoms with van der Waals surface area (Å²) >= 11 is 0. The zero-order valence-electron chi connectivity index (χ0n) is 13.9. The molecule has 1 fully saturated rings. The second-order valence-electron chi connectivity index (χ2n) is 6.34. The summed E-state index contributed by atoms with van der Waals surface area (Å²) < 4.78 is 41.0. The van der Waals surface area contributed by atoms with Gasteiger partial charge in [-0.15, -0.1) is 0 Å². The number of rotatable bonds is 3. The molecular weight excluding hydrogens is 347 g/mol. The molecule has 1 aliphatic heterocycles. The van der Waals surface area contributed by atoms with Crippen LogP contribution in [0.25, 0.3) is 10.9 Å². The highest BCUT2D eigenvalue weighted by molar-refractivity contribution is 5.90. The van der Waals surface area contributed by atoms with E-state index in [-0.39, 0.29) is 5.52 Å². The number of imidazole rings is 1. The van der Waals surface area contributed by atoms with Crippen LogP contribution in [0.1, 0.15) is 30.6 Å². The van der Waals surface area contributed by atoms with Crippen LogP contribution in [0.4, 0.5) is 19.0 Å². The summed E-state index contributed by atoms with van der Waals surface area (Å²) in [6.07, 6.45) is -0.522. The van der Waals surface area contributed by atoms with E-state index in [1.54, 1.807) is 13.1 Å². The monoisotopic (exact) mass is 363 g/mol. The average molecular weight is 363 g/mol. The van der Waals surface area contributed by atoms with Gasteiger partial charge < -0.3 is 9.88 Å². The molecule has 1 N–H and O–H groups in total. The molecule has 136 valence electrons. The van der Waals surface area contributed by atoms with E-state index in [1.165, 1.54) is 17.0 Å². The van der Waals surface area contributed by atoms with Crippen molar-refractivity contribution in [3.63, 3.8) is 0 Å². The molecule has 0 aliphatic carbocycles. The molecule has 0 radical (unpaired) electrons. The quantitative estimate of drug-likeness (QED) is 0.777. The predicted molar refractivity (Wildman–Crippen MR) is 90.2 cm³/mol. The Morgan fingerprint density at radius 3 is 2.62 bits per heavy atom. The first-order valence-electron chi connectivity index (χ1n) is 8.23. The SMILES string of the molecule is C[C@@H](c1cnc[nH]1)n1c(=O)nc(N2CCC2)c2ccc(C(F)(F)F)cc21. The first-order valence-corrected chi connectivity index (χ1v) is 8.23. The summed E-state index contributed by atoms with van der Waals surface area (Å²) in [6, 6.07) is 2.92. The number of hydrogen-bond donors (Lipinski definition) is 1.